The van der Waals surface area contributed by atoms with Crippen molar-refractivity contribution in [1.82, 2.24) is 0 Å². The second-order valence-electron chi connectivity index (χ2n) is 3.40. The lowest BCUT2D eigenvalue weighted by Crippen LogP contribution is -2.20. The molecule has 3 heteroatoms. The van der Waals surface area contributed by atoms with Crippen LogP contribution in [-0.4, -0.2) is 14.7 Å². The van der Waals surface area contributed by atoms with E-state index in [1.54, 1.807) is 0 Å². The zero-order chi connectivity index (χ0) is 8.36. The maximum absolute atomic E-state index is 11.2. The molecule has 0 rings (SSSR count). The van der Waals surface area contributed by atoms with Gasteiger partial charge in [0.2, 0.25) is 0 Å². The first-order valence-corrected chi connectivity index (χ1v) is 4.38. The van der Waals surface area contributed by atoms with Crippen LogP contribution in [0.4, 0.5) is 0 Å². The van der Waals surface area contributed by atoms with Crippen molar-refractivity contribution in [2.45, 2.75) is 39.4 Å². The van der Waals surface area contributed by atoms with Crippen molar-refractivity contribution >= 4 is 16.7 Å². The molecule has 0 aliphatic heterocycles. The third-order valence-electron chi connectivity index (χ3n) is 0.789. The minimum atomic E-state index is -1.08. The van der Waals surface area contributed by atoms with Crippen molar-refractivity contribution in [1.29, 1.82) is 0 Å². The van der Waals surface area contributed by atoms with Gasteiger partial charge >= 0.3 is 0 Å². The van der Waals surface area contributed by atoms with Crippen molar-refractivity contribution in [2.75, 3.05) is 0 Å². The van der Waals surface area contributed by atoms with Gasteiger partial charge in [-0.3, -0.25) is 0 Å². The molecule has 0 saturated heterocycles. The van der Waals surface area contributed by atoms with E-state index >= 15 is 0 Å². The maximum atomic E-state index is 11.2. The highest BCUT2D eigenvalue weighted by Crippen LogP contribution is 2.11. The largest absolute Gasteiger partial charge is 0.234 e. The molecule has 0 aromatic heterocycles. The Morgan fingerprint density at radius 2 is 1.70 bits per heavy atom. The molecule has 10 heavy (non-hydrogen) atoms. The van der Waals surface area contributed by atoms with E-state index in [9.17, 15) is 4.21 Å². The topological polar surface area (TPSA) is 29.4 Å². The molecule has 0 radical (unpaired) electrons. The average Bonchev–Trinajstić information content (AvgIpc) is 1.60. The Balaban J connectivity index is 4.27. The fraction of sp³-hybridized carbons (Fsp3) is 0.857. The molecule has 0 heterocycles. The summed E-state index contributed by atoms with van der Waals surface area (Å²) in [7, 11) is -1.08. The average molecular weight is 161 g/mol. The van der Waals surface area contributed by atoms with Crippen LogP contribution >= 0.6 is 0 Å². The lowest BCUT2D eigenvalue weighted by Gasteiger charge is -2.13. The Morgan fingerprint density at radius 1 is 1.30 bits per heavy atom. The molecule has 2 nitrogen and oxygen atoms in total. The predicted octanol–water partition coefficient (Wildman–Crippen LogP) is 1.93. The van der Waals surface area contributed by atoms with Crippen molar-refractivity contribution in [3.8, 4) is 0 Å². The van der Waals surface area contributed by atoms with E-state index in [-0.39, 0.29) is 4.75 Å². The van der Waals surface area contributed by atoms with Crippen molar-refractivity contribution < 1.29 is 4.21 Å². The summed E-state index contributed by atoms with van der Waals surface area (Å²) < 4.78 is 14.9. The van der Waals surface area contributed by atoms with Crippen molar-refractivity contribution in [3.05, 3.63) is 0 Å². The normalized spacial score (nSPS) is 14.5. The Hall–Kier alpha value is -0.180. The van der Waals surface area contributed by atoms with Crippen LogP contribution in [-0.2, 0) is 11.0 Å². The molecule has 1 atom stereocenters. The monoisotopic (exact) mass is 161 g/mol. The second-order valence-corrected chi connectivity index (χ2v) is 5.31. The van der Waals surface area contributed by atoms with Gasteiger partial charge in [-0.1, -0.05) is 0 Å². The van der Waals surface area contributed by atoms with Crippen molar-refractivity contribution in [3.63, 3.8) is 0 Å². The van der Waals surface area contributed by atoms with Crippen LogP contribution < -0.4 is 0 Å². The van der Waals surface area contributed by atoms with Crippen LogP contribution in [0.3, 0.4) is 0 Å². The molecule has 0 aromatic rings. The Morgan fingerprint density at radius 3 is 1.80 bits per heavy atom. The van der Waals surface area contributed by atoms with E-state index in [0.29, 0.717) is 0 Å². The molecule has 0 fully saturated rings. The van der Waals surface area contributed by atoms with Gasteiger partial charge in [0.25, 0.3) is 0 Å². The molecule has 0 N–H and O–H groups in total. The summed E-state index contributed by atoms with van der Waals surface area (Å²) in [5.41, 5.74) is 0.869. The van der Waals surface area contributed by atoms with Gasteiger partial charge in [0.05, 0.1) is 4.75 Å². The summed E-state index contributed by atoms with van der Waals surface area (Å²) >= 11 is 0. The van der Waals surface area contributed by atoms with Crippen LogP contribution in [0.15, 0.2) is 4.40 Å². The summed E-state index contributed by atoms with van der Waals surface area (Å²) in [6.45, 7) is 9.44. The number of hydrogen-bond acceptors (Lipinski definition) is 1. The van der Waals surface area contributed by atoms with Gasteiger partial charge < -0.3 is 0 Å². The minimum absolute atomic E-state index is 0.225. The second kappa shape index (κ2) is 3.28. The minimum Gasteiger partial charge on any atom is -0.234 e. The first-order valence-electron chi connectivity index (χ1n) is 3.28. The summed E-state index contributed by atoms with van der Waals surface area (Å²) in [4.78, 5) is 0. The van der Waals surface area contributed by atoms with Gasteiger partial charge in [0.15, 0.2) is 0 Å². The van der Waals surface area contributed by atoms with Crippen LogP contribution in [0.2, 0.25) is 0 Å². The van der Waals surface area contributed by atoms with E-state index in [1.807, 2.05) is 34.6 Å². The molecule has 0 aromatic carbocycles. The third-order valence-corrected chi connectivity index (χ3v) is 2.37. The van der Waals surface area contributed by atoms with E-state index in [2.05, 4.69) is 4.40 Å². The zero-order valence-electron chi connectivity index (χ0n) is 7.26. The molecule has 0 aliphatic carbocycles. The van der Waals surface area contributed by atoms with Gasteiger partial charge in [-0.05, 0) is 34.6 Å². The highest BCUT2D eigenvalue weighted by Gasteiger charge is 2.18. The van der Waals surface area contributed by atoms with Gasteiger partial charge in [-0.15, -0.1) is 0 Å². The smallest absolute Gasteiger partial charge is 0.144 e. The number of rotatable bonds is 1. The SMILES string of the molecule is CC(C)=N[S@@](=O)C(C)(C)C. The quantitative estimate of drug-likeness (QED) is 0.540. The maximum Gasteiger partial charge on any atom is 0.144 e. The molecule has 0 saturated carbocycles. The summed E-state index contributed by atoms with van der Waals surface area (Å²) in [5, 5.41) is 0. The van der Waals surface area contributed by atoms with Gasteiger partial charge in [0, 0.05) is 5.71 Å². The highest BCUT2D eigenvalue weighted by atomic mass is 32.2. The summed E-state index contributed by atoms with van der Waals surface area (Å²) in [6.07, 6.45) is 0. The van der Waals surface area contributed by atoms with Gasteiger partial charge in [-0.2, -0.15) is 4.40 Å². The van der Waals surface area contributed by atoms with Gasteiger partial charge in [0.1, 0.15) is 11.0 Å². The fourth-order valence-electron chi connectivity index (χ4n) is 0.303. The van der Waals surface area contributed by atoms with E-state index in [1.165, 1.54) is 0 Å². The number of hydrogen-bond donors (Lipinski definition) is 0. The lowest BCUT2D eigenvalue weighted by molar-refractivity contribution is 0.650. The van der Waals surface area contributed by atoms with E-state index < -0.39 is 11.0 Å². The Labute approximate surface area is 65.3 Å². The Kier molecular flexibility index (Phi) is 3.22. The zero-order valence-corrected chi connectivity index (χ0v) is 8.08. The van der Waals surface area contributed by atoms with E-state index in [0.717, 1.165) is 5.71 Å². The van der Waals surface area contributed by atoms with Crippen molar-refractivity contribution in [2.24, 2.45) is 4.40 Å². The predicted molar refractivity (Wildman–Crippen MR) is 46.7 cm³/mol. The number of nitrogens with zero attached hydrogens (tertiary/aromatic N) is 1. The summed E-state index contributed by atoms with van der Waals surface area (Å²) in [5.74, 6) is 0. The molecule has 0 unspecified atom stereocenters. The standard InChI is InChI=1S/C7H15NOS/c1-6(2)8-10(9)7(3,4)5/h1-5H3/t10-/m0/s1. The Bertz CT molecular complexity index is 163. The van der Waals surface area contributed by atoms with Gasteiger partial charge in [-0.25, -0.2) is 4.21 Å². The lowest BCUT2D eigenvalue weighted by atomic mass is 10.3. The molecule has 0 aliphatic rings. The third kappa shape index (κ3) is 3.77. The van der Waals surface area contributed by atoms with Crippen LogP contribution in [0.1, 0.15) is 34.6 Å². The molecule has 60 valence electrons. The van der Waals surface area contributed by atoms with E-state index in [4.69, 9.17) is 0 Å². The molecular formula is C7H15NOS. The first kappa shape index (κ1) is 9.82. The molecule has 0 spiro atoms. The molecule has 0 bridgehead atoms. The molecular weight excluding hydrogens is 146 g/mol. The highest BCUT2D eigenvalue weighted by molar-refractivity contribution is 7.85. The fourth-order valence-corrected chi connectivity index (χ4v) is 0.908. The summed E-state index contributed by atoms with van der Waals surface area (Å²) in [6, 6.07) is 0. The van der Waals surface area contributed by atoms with Crippen LogP contribution in [0.5, 0.6) is 0 Å². The first-order chi connectivity index (χ1) is 4.34. The van der Waals surface area contributed by atoms with Crippen LogP contribution in [0.25, 0.3) is 0 Å². The molecule has 0 amide bonds. The van der Waals surface area contributed by atoms with Crippen LogP contribution in [0, 0.1) is 0 Å².